The summed E-state index contributed by atoms with van der Waals surface area (Å²) in [5.74, 6) is -0.653. The largest absolute Gasteiger partial charge is 0.477 e. The minimum Gasteiger partial charge on any atom is -0.477 e. The Balaban J connectivity index is 2.18. The van der Waals surface area contributed by atoms with Crippen molar-refractivity contribution in [2.45, 2.75) is 13.5 Å². The summed E-state index contributed by atoms with van der Waals surface area (Å²) >= 11 is 0. The quantitative estimate of drug-likeness (QED) is 0.622. The molecule has 0 spiro atoms. The molecule has 0 saturated carbocycles. The van der Waals surface area contributed by atoms with Crippen LogP contribution in [0.1, 0.15) is 21.8 Å². The number of pyridine rings is 1. The highest BCUT2D eigenvalue weighted by atomic mass is 16.6. The Morgan fingerprint density at radius 1 is 1.55 bits per heavy atom. The fourth-order valence-electron chi connectivity index (χ4n) is 1.54. The van der Waals surface area contributed by atoms with Gasteiger partial charge in [-0.3, -0.25) is 10.1 Å². The van der Waals surface area contributed by atoms with Crippen molar-refractivity contribution in [3.63, 3.8) is 0 Å². The van der Waals surface area contributed by atoms with E-state index in [1.807, 2.05) is 0 Å². The highest BCUT2D eigenvalue weighted by Gasteiger charge is 2.21. The molecule has 0 radical (unpaired) electrons. The topological polar surface area (TPSA) is 131 Å². The van der Waals surface area contributed by atoms with Crippen molar-refractivity contribution in [1.82, 2.24) is 10.1 Å². The van der Waals surface area contributed by atoms with E-state index in [0.29, 0.717) is 11.5 Å². The van der Waals surface area contributed by atoms with Gasteiger partial charge in [-0.05, 0) is 6.92 Å². The average molecular weight is 278 g/mol. The average Bonchev–Trinajstić information content (AvgIpc) is 2.81. The van der Waals surface area contributed by atoms with Gasteiger partial charge in [-0.15, -0.1) is 0 Å². The Bertz CT molecular complexity index is 667. The van der Waals surface area contributed by atoms with Crippen LogP contribution in [0, 0.1) is 17.0 Å². The van der Waals surface area contributed by atoms with Gasteiger partial charge in [-0.25, -0.2) is 9.78 Å². The number of carbonyl (C=O) groups is 1. The Morgan fingerprint density at radius 3 is 2.85 bits per heavy atom. The zero-order valence-electron chi connectivity index (χ0n) is 10.4. The minimum atomic E-state index is -1.39. The summed E-state index contributed by atoms with van der Waals surface area (Å²) in [4.78, 5) is 24.6. The fourth-order valence-corrected chi connectivity index (χ4v) is 1.54. The van der Waals surface area contributed by atoms with Crippen molar-refractivity contribution in [2.24, 2.45) is 0 Å². The van der Waals surface area contributed by atoms with Gasteiger partial charge in [0.1, 0.15) is 17.6 Å². The van der Waals surface area contributed by atoms with Crippen molar-refractivity contribution in [1.29, 1.82) is 0 Å². The molecule has 2 N–H and O–H groups in total. The summed E-state index contributed by atoms with van der Waals surface area (Å²) < 4.78 is 4.96. The molecular weight excluding hydrogens is 268 g/mol. The second kappa shape index (κ2) is 5.34. The molecule has 0 amide bonds. The molecule has 0 unspecified atom stereocenters. The maximum Gasteiger partial charge on any atom is 0.342 e. The van der Waals surface area contributed by atoms with E-state index >= 15 is 0 Å². The number of anilines is 1. The van der Waals surface area contributed by atoms with Gasteiger partial charge in [0.2, 0.25) is 0 Å². The van der Waals surface area contributed by atoms with Crippen LogP contribution in [-0.4, -0.2) is 26.1 Å². The molecule has 0 fully saturated rings. The number of aromatic carboxylic acids is 1. The number of carboxylic acids is 1. The molecule has 0 aliphatic carbocycles. The Morgan fingerprint density at radius 2 is 2.30 bits per heavy atom. The molecule has 0 bridgehead atoms. The van der Waals surface area contributed by atoms with Gasteiger partial charge < -0.3 is 14.9 Å². The number of hydrogen-bond donors (Lipinski definition) is 2. The summed E-state index contributed by atoms with van der Waals surface area (Å²) in [5.41, 5.74) is -0.274. The standard InChI is InChI=1S/C11H10N4O5/c1-6-2-7(20-14-6)4-12-10-3-8(11(16)17)9(5-13-10)15(18)19/h2-3,5H,4H2,1H3,(H,12,13)(H,16,17). The molecule has 0 saturated heterocycles. The van der Waals surface area contributed by atoms with E-state index < -0.39 is 22.1 Å². The lowest BCUT2D eigenvalue weighted by Crippen LogP contribution is -2.07. The van der Waals surface area contributed by atoms with Gasteiger partial charge in [-0.2, -0.15) is 0 Å². The van der Waals surface area contributed by atoms with Crippen molar-refractivity contribution in [2.75, 3.05) is 5.32 Å². The third-order valence-electron chi connectivity index (χ3n) is 2.43. The summed E-state index contributed by atoms with van der Waals surface area (Å²) in [6.45, 7) is 2.00. The number of aromatic nitrogens is 2. The third-order valence-corrected chi connectivity index (χ3v) is 2.43. The molecule has 20 heavy (non-hydrogen) atoms. The second-order valence-corrected chi connectivity index (χ2v) is 3.94. The second-order valence-electron chi connectivity index (χ2n) is 3.94. The Kier molecular flexibility index (Phi) is 3.60. The van der Waals surface area contributed by atoms with Crippen LogP contribution in [-0.2, 0) is 6.54 Å². The van der Waals surface area contributed by atoms with Crippen molar-refractivity contribution in [3.8, 4) is 0 Å². The fraction of sp³-hybridized carbons (Fsp3) is 0.182. The summed E-state index contributed by atoms with van der Waals surface area (Å²) in [7, 11) is 0. The van der Waals surface area contributed by atoms with Crippen molar-refractivity contribution in [3.05, 3.63) is 45.5 Å². The number of aryl methyl sites for hydroxylation is 1. The van der Waals surface area contributed by atoms with Gasteiger partial charge in [0.15, 0.2) is 5.76 Å². The molecule has 104 valence electrons. The van der Waals surface area contributed by atoms with Crippen molar-refractivity contribution >= 4 is 17.5 Å². The summed E-state index contributed by atoms with van der Waals surface area (Å²) in [5, 5.41) is 26.1. The Hall–Kier alpha value is -2.97. The van der Waals surface area contributed by atoms with Crippen LogP contribution in [0.2, 0.25) is 0 Å². The third kappa shape index (κ3) is 2.88. The number of nitrogens with zero attached hydrogens (tertiary/aromatic N) is 3. The molecule has 2 heterocycles. The molecule has 0 aliphatic rings. The molecule has 0 atom stereocenters. The SMILES string of the molecule is Cc1cc(CNc2cc(C(=O)O)c([N+](=O)[O-])cn2)on1. The monoisotopic (exact) mass is 278 g/mol. The molecule has 9 heteroatoms. The maximum atomic E-state index is 11.0. The number of nitro groups is 1. The maximum absolute atomic E-state index is 11.0. The first-order valence-electron chi connectivity index (χ1n) is 5.51. The highest BCUT2D eigenvalue weighted by molar-refractivity contribution is 5.93. The smallest absolute Gasteiger partial charge is 0.342 e. The minimum absolute atomic E-state index is 0.196. The molecule has 0 aliphatic heterocycles. The van der Waals surface area contributed by atoms with E-state index in [4.69, 9.17) is 9.63 Å². The first-order valence-corrected chi connectivity index (χ1v) is 5.51. The van der Waals surface area contributed by atoms with Gasteiger partial charge in [-0.1, -0.05) is 5.16 Å². The zero-order chi connectivity index (χ0) is 14.7. The van der Waals surface area contributed by atoms with Gasteiger partial charge in [0.05, 0.1) is 17.2 Å². The lowest BCUT2D eigenvalue weighted by atomic mass is 10.2. The van der Waals surface area contributed by atoms with Gasteiger partial charge >= 0.3 is 11.7 Å². The van der Waals surface area contributed by atoms with E-state index in [9.17, 15) is 14.9 Å². The highest BCUT2D eigenvalue weighted by Crippen LogP contribution is 2.20. The first kappa shape index (κ1) is 13.5. The van der Waals surface area contributed by atoms with Crippen LogP contribution < -0.4 is 5.32 Å². The number of rotatable bonds is 5. The predicted octanol–water partition coefficient (Wildman–Crippen LogP) is 1.60. The van der Waals surface area contributed by atoms with Crippen LogP contribution >= 0.6 is 0 Å². The van der Waals surface area contributed by atoms with E-state index in [0.717, 1.165) is 12.3 Å². The van der Waals surface area contributed by atoms with Crippen LogP contribution in [0.15, 0.2) is 22.9 Å². The number of carboxylic acid groups (broad SMARTS) is 1. The van der Waals surface area contributed by atoms with E-state index in [2.05, 4.69) is 15.5 Å². The van der Waals surface area contributed by atoms with Crippen LogP contribution in [0.25, 0.3) is 0 Å². The van der Waals surface area contributed by atoms with Gasteiger partial charge in [0.25, 0.3) is 0 Å². The lowest BCUT2D eigenvalue weighted by molar-refractivity contribution is -0.385. The summed E-state index contributed by atoms with van der Waals surface area (Å²) in [6, 6.07) is 2.81. The molecule has 9 nitrogen and oxygen atoms in total. The zero-order valence-corrected chi connectivity index (χ0v) is 10.4. The number of nitrogens with one attached hydrogen (secondary N) is 1. The predicted molar refractivity (Wildman–Crippen MR) is 66.4 cm³/mol. The molecule has 2 rings (SSSR count). The van der Waals surface area contributed by atoms with E-state index in [1.165, 1.54) is 0 Å². The first-order chi connectivity index (χ1) is 9.47. The molecule has 0 aromatic carbocycles. The van der Waals surface area contributed by atoms with E-state index in [1.54, 1.807) is 13.0 Å². The lowest BCUT2D eigenvalue weighted by Gasteiger charge is -2.04. The molecule has 2 aromatic heterocycles. The normalized spacial score (nSPS) is 10.2. The van der Waals surface area contributed by atoms with Crippen LogP contribution in [0.3, 0.4) is 0 Å². The van der Waals surface area contributed by atoms with Crippen molar-refractivity contribution < 1.29 is 19.3 Å². The Labute approximate surface area is 112 Å². The number of hydrogen-bond acceptors (Lipinski definition) is 7. The van der Waals surface area contributed by atoms with Gasteiger partial charge in [0, 0.05) is 12.1 Å². The van der Waals surface area contributed by atoms with Crippen LogP contribution in [0.4, 0.5) is 11.5 Å². The van der Waals surface area contributed by atoms with Crippen LogP contribution in [0.5, 0.6) is 0 Å². The summed E-state index contributed by atoms with van der Waals surface area (Å²) in [6.07, 6.45) is 0.900. The molecule has 2 aromatic rings. The molecular formula is C11H10N4O5. The van der Waals surface area contributed by atoms with E-state index in [-0.39, 0.29) is 12.4 Å².